The van der Waals surface area contributed by atoms with Gasteiger partial charge in [0, 0.05) is 18.7 Å². The summed E-state index contributed by atoms with van der Waals surface area (Å²) in [6, 6.07) is 0. The number of nitrogens with zero attached hydrogens (tertiary/aromatic N) is 2. The third-order valence-electron chi connectivity index (χ3n) is 2.34. The molecule has 1 rings (SSSR count). The molecule has 1 aromatic heterocycles. The first kappa shape index (κ1) is 14.2. The molecule has 0 bridgehead atoms. The molecule has 4 nitrogen and oxygen atoms in total. The zero-order chi connectivity index (χ0) is 12.7. The van der Waals surface area contributed by atoms with Gasteiger partial charge in [0.1, 0.15) is 17.3 Å². The molecule has 0 radical (unpaired) electrons. The van der Waals surface area contributed by atoms with Crippen LogP contribution in [-0.2, 0) is 4.74 Å². The SMILES string of the molecule is Cc1c(Cl)ncnc1NCCCCOC(C)C. The quantitative estimate of drug-likeness (QED) is 0.602. The minimum absolute atomic E-state index is 0.311. The smallest absolute Gasteiger partial charge is 0.137 e. The van der Waals surface area contributed by atoms with Gasteiger partial charge in [-0.05, 0) is 33.6 Å². The maximum absolute atomic E-state index is 5.90. The normalized spacial score (nSPS) is 10.9. The molecule has 0 aliphatic rings. The summed E-state index contributed by atoms with van der Waals surface area (Å²) >= 11 is 5.90. The van der Waals surface area contributed by atoms with Crippen LogP contribution in [0, 0.1) is 6.92 Å². The molecule has 0 spiro atoms. The van der Waals surface area contributed by atoms with Crippen LogP contribution in [0.1, 0.15) is 32.3 Å². The standard InChI is InChI=1S/C12H20ClN3O/c1-9(2)17-7-5-4-6-14-12-10(3)11(13)15-8-16-12/h8-9H,4-7H2,1-3H3,(H,14,15,16). The number of anilines is 1. The molecule has 17 heavy (non-hydrogen) atoms. The molecule has 96 valence electrons. The van der Waals surface area contributed by atoms with E-state index in [4.69, 9.17) is 16.3 Å². The monoisotopic (exact) mass is 257 g/mol. The van der Waals surface area contributed by atoms with Crippen LogP contribution in [0.25, 0.3) is 0 Å². The molecular weight excluding hydrogens is 238 g/mol. The topological polar surface area (TPSA) is 47.0 Å². The second kappa shape index (κ2) is 7.45. The lowest BCUT2D eigenvalue weighted by Crippen LogP contribution is -2.08. The second-order valence-electron chi connectivity index (χ2n) is 4.19. The van der Waals surface area contributed by atoms with Crippen LogP contribution in [-0.4, -0.2) is 29.2 Å². The highest BCUT2D eigenvalue weighted by Crippen LogP contribution is 2.17. The van der Waals surface area contributed by atoms with Crippen molar-refractivity contribution in [3.63, 3.8) is 0 Å². The maximum Gasteiger partial charge on any atom is 0.137 e. The number of rotatable bonds is 7. The number of hydrogen-bond donors (Lipinski definition) is 1. The van der Waals surface area contributed by atoms with E-state index in [-0.39, 0.29) is 0 Å². The molecule has 0 amide bonds. The first-order valence-corrected chi connectivity index (χ1v) is 6.31. The number of hydrogen-bond acceptors (Lipinski definition) is 4. The molecule has 0 aliphatic heterocycles. The average molecular weight is 258 g/mol. The molecule has 0 fully saturated rings. The summed E-state index contributed by atoms with van der Waals surface area (Å²) in [5.74, 6) is 0.815. The van der Waals surface area contributed by atoms with Crippen LogP contribution in [0.5, 0.6) is 0 Å². The molecule has 0 atom stereocenters. The van der Waals surface area contributed by atoms with Gasteiger partial charge >= 0.3 is 0 Å². The molecule has 0 unspecified atom stereocenters. The Morgan fingerprint density at radius 1 is 1.35 bits per heavy atom. The van der Waals surface area contributed by atoms with Gasteiger partial charge in [-0.3, -0.25) is 0 Å². The van der Waals surface area contributed by atoms with E-state index >= 15 is 0 Å². The third-order valence-corrected chi connectivity index (χ3v) is 2.72. The highest BCUT2D eigenvalue weighted by molar-refractivity contribution is 6.30. The largest absolute Gasteiger partial charge is 0.379 e. The van der Waals surface area contributed by atoms with Crippen LogP contribution in [0.4, 0.5) is 5.82 Å². The van der Waals surface area contributed by atoms with Gasteiger partial charge in [0.25, 0.3) is 0 Å². The van der Waals surface area contributed by atoms with Gasteiger partial charge in [0.15, 0.2) is 0 Å². The van der Waals surface area contributed by atoms with Gasteiger partial charge in [-0.15, -0.1) is 0 Å². The zero-order valence-corrected chi connectivity index (χ0v) is 11.4. The molecule has 5 heteroatoms. The Morgan fingerprint density at radius 2 is 2.12 bits per heavy atom. The lowest BCUT2D eigenvalue weighted by Gasteiger charge is -2.09. The third kappa shape index (κ3) is 5.33. The van der Waals surface area contributed by atoms with Gasteiger partial charge in [0.2, 0.25) is 0 Å². The summed E-state index contributed by atoms with van der Waals surface area (Å²) in [5.41, 5.74) is 0.896. The Morgan fingerprint density at radius 3 is 2.82 bits per heavy atom. The first-order valence-electron chi connectivity index (χ1n) is 5.94. The molecule has 0 saturated heterocycles. The first-order chi connectivity index (χ1) is 8.11. The number of nitrogens with one attached hydrogen (secondary N) is 1. The number of ether oxygens (including phenoxy) is 1. The van der Waals surface area contributed by atoms with E-state index < -0.39 is 0 Å². The fourth-order valence-corrected chi connectivity index (χ4v) is 1.49. The Balaban J connectivity index is 2.20. The van der Waals surface area contributed by atoms with Crippen molar-refractivity contribution in [1.82, 2.24) is 9.97 Å². The highest BCUT2D eigenvalue weighted by Gasteiger charge is 2.03. The molecule has 1 heterocycles. The Kier molecular flexibility index (Phi) is 6.22. The van der Waals surface area contributed by atoms with Crippen LogP contribution in [0.15, 0.2) is 6.33 Å². The Bertz CT molecular complexity index is 345. The van der Waals surface area contributed by atoms with Gasteiger partial charge in [-0.1, -0.05) is 11.6 Å². The van der Waals surface area contributed by atoms with Crippen LogP contribution < -0.4 is 5.32 Å². The fourth-order valence-electron chi connectivity index (χ4n) is 1.36. The predicted octanol–water partition coefficient (Wildman–Crippen LogP) is 3.06. The lowest BCUT2D eigenvalue weighted by atomic mass is 10.3. The Hall–Kier alpha value is -0.870. The van der Waals surface area contributed by atoms with E-state index in [0.717, 1.165) is 37.4 Å². The summed E-state index contributed by atoms with van der Waals surface area (Å²) in [5, 5.41) is 3.76. The summed E-state index contributed by atoms with van der Waals surface area (Å²) < 4.78 is 5.46. The highest BCUT2D eigenvalue weighted by atomic mass is 35.5. The average Bonchev–Trinajstić information content (AvgIpc) is 2.28. The fraction of sp³-hybridized carbons (Fsp3) is 0.667. The van der Waals surface area contributed by atoms with Gasteiger partial charge in [0.05, 0.1) is 6.10 Å². The summed E-state index contributed by atoms with van der Waals surface area (Å²) in [6.45, 7) is 7.68. The summed E-state index contributed by atoms with van der Waals surface area (Å²) in [7, 11) is 0. The van der Waals surface area contributed by atoms with Crippen molar-refractivity contribution >= 4 is 17.4 Å². The van der Waals surface area contributed by atoms with E-state index in [9.17, 15) is 0 Å². The summed E-state index contributed by atoms with van der Waals surface area (Å²) in [4.78, 5) is 8.06. The lowest BCUT2D eigenvalue weighted by molar-refractivity contribution is 0.0765. The van der Waals surface area contributed by atoms with Gasteiger partial charge in [-0.2, -0.15) is 0 Å². The van der Waals surface area contributed by atoms with E-state index in [1.165, 1.54) is 6.33 Å². The predicted molar refractivity (Wildman–Crippen MR) is 70.6 cm³/mol. The van der Waals surface area contributed by atoms with Crippen LogP contribution in [0.3, 0.4) is 0 Å². The van der Waals surface area contributed by atoms with Crippen molar-refractivity contribution in [3.05, 3.63) is 17.0 Å². The van der Waals surface area contributed by atoms with Crippen LogP contribution in [0.2, 0.25) is 5.15 Å². The molecule has 0 saturated carbocycles. The van der Waals surface area contributed by atoms with Crippen molar-refractivity contribution in [2.24, 2.45) is 0 Å². The second-order valence-corrected chi connectivity index (χ2v) is 4.55. The maximum atomic E-state index is 5.90. The van der Waals surface area contributed by atoms with E-state index in [1.54, 1.807) is 0 Å². The molecular formula is C12H20ClN3O. The van der Waals surface area contributed by atoms with Crippen molar-refractivity contribution in [2.75, 3.05) is 18.5 Å². The molecule has 0 aromatic carbocycles. The van der Waals surface area contributed by atoms with Gasteiger partial charge in [-0.25, -0.2) is 9.97 Å². The van der Waals surface area contributed by atoms with Crippen molar-refractivity contribution in [1.29, 1.82) is 0 Å². The van der Waals surface area contributed by atoms with E-state index in [0.29, 0.717) is 11.3 Å². The molecule has 1 N–H and O–H groups in total. The minimum atomic E-state index is 0.311. The van der Waals surface area contributed by atoms with Crippen LogP contribution >= 0.6 is 11.6 Å². The van der Waals surface area contributed by atoms with Crippen molar-refractivity contribution < 1.29 is 4.74 Å². The number of halogens is 1. The number of unbranched alkanes of at least 4 members (excludes halogenated alkanes) is 1. The van der Waals surface area contributed by atoms with Gasteiger partial charge < -0.3 is 10.1 Å². The zero-order valence-electron chi connectivity index (χ0n) is 10.7. The molecule has 0 aliphatic carbocycles. The van der Waals surface area contributed by atoms with Crippen molar-refractivity contribution in [2.45, 2.75) is 39.7 Å². The minimum Gasteiger partial charge on any atom is -0.379 e. The number of aromatic nitrogens is 2. The van der Waals surface area contributed by atoms with E-state index in [1.807, 2.05) is 20.8 Å². The van der Waals surface area contributed by atoms with Crippen molar-refractivity contribution in [3.8, 4) is 0 Å². The Labute approximate surface area is 108 Å². The summed E-state index contributed by atoms with van der Waals surface area (Å²) in [6.07, 6.45) is 3.88. The van der Waals surface area contributed by atoms with E-state index in [2.05, 4.69) is 15.3 Å². The molecule has 1 aromatic rings.